The lowest BCUT2D eigenvalue weighted by Crippen LogP contribution is -2.08. The zero-order valence-corrected chi connectivity index (χ0v) is 20.1. The molecule has 3 aromatic rings. The summed E-state index contributed by atoms with van der Waals surface area (Å²) in [5.41, 5.74) is 2.04. The Kier molecular flexibility index (Phi) is 7.04. The summed E-state index contributed by atoms with van der Waals surface area (Å²) in [6.45, 7) is 1.81. The van der Waals surface area contributed by atoms with Gasteiger partial charge in [-0.15, -0.1) is 0 Å². The molecule has 0 unspecified atom stereocenters. The Balaban J connectivity index is 1.61. The van der Waals surface area contributed by atoms with Crippen LogP contribution in [0.25, 0.3) is 6.08 Å². The van der Waals surface area contributed by atoms with Crippen molar-refractivity contribution in [3.8, 4) is 11.5 Å². The van der Waals surface area contributed by atoms with Gasteiger partial charge in [0.05, 0.1) is 17.1 Å². The number of ether oxygens (including phenoxy) is 3. The van der Waals surface area contributed by atoms with Gasteiger partial charge in [0, 0.05) is 22.2 Å². The Morgan fingerprint density at radius 1 is 1.14 bits per heavy atom. The monoisotopic (exact) mass is 512 g/mol. The minimum absolute atomic E-state index is 0.0107. The van der Waals surface area contributed by atoms with Crippen molar-refractivity contribution in [3.63, 3.8) is 0 Å². The summed E-state index contributed by atoms with van der Waals surface area (Å²) >= 11 is 12.4. The van der Waals surface area contributed by atoms with E-state index in [0.717, 1.165) is 5.56 Å². The minimum atomic E-state index is -0.691. The first-order chi connectivity index (χ1) is 16.8. The zero-order valence-electron chi connectivity index (χ0n) is 18.6. The van der Waals surface area contributed by atoms with Crippen molar-refractivity contribution in [3.05, 3.63) is 103 Å². The Labute approximate surface area is 210 Å². The van der Waals surface area contributed by atoms with Crippen LogP contribution in [0.3, 0.4) is 0 Å². The van der Waals surface area contributed by atoms with Gasteiger partial charge in [0.15, 0.2) is 17.2 Å². The molecule has 0 saturated heterocycles. The molecule has 3 aromatic carbocycles. The number of hydrogen-bond donors (Lipinski definition) is 0. The lowest BCUT2D eigenvalue weighted by molar-refractivity contribution is -0.385. The molecule has 0 atom stereocenters. The van der Waals surface area contributed by atoms with Gasteiger partial charge in [0.2, 0.25) is 5.90 Å². The summed E-state index contributed by atoms with van der Waals surface area (Å²) in [4.78, 5) is 27.4. The van der Waals surface area contributed by atoms with Gasteiger partial charge in [-0.2, -0.15) is 0 Å². The molecule has 0 amide bonds. The SMILES string of the molecule is COc1cc(/C=C2\N=C(c3cccc([N+](=O)[O-])c3C)OC2=O)cc(Cl)c1OCc1ccc(Cl)cc1. The molecule has 1 aliphatic rings. The summed E-state index contributed by atoms with van der Waals surface area (Å²) in [6.07, 6.45) is 1.49. The molecule has 0 aliphatic carbocycles. The van der Waals surface area contributed by atoms with Gasteiger partial charge in [-0.3, -0.25) is 10.1 Å². The quantitative estimate of drug-likeness (QED) is 0.163. The second-order valence-corrected chi connectivity index (χ2v) is 8.34. The highest BCUT2D eigenvalue weighted by atomic mass is 35.5. The highest BCUT2D eigenvalue weighted by Gasteiger charge is 2.27. The lowest BCUT2D eigenvalue weighted by atomic mass is 10.1. The summed E-state index contributed by atoms with van der Waals surface area (Å²) in [6, 6.07) is 14.9. The van der Waals surface area contributed by atoms with Crippen LogP contribution in [-0.2, 0) is 16.1 Å². The van der Waals surface area contributed by atoms with Gasteiger partial charge in [-0.25, -0.2) is 9.79 Å². The van der Waals surface area contributed by atoms with Gasteiger partial charge < -0.3 is 14.2 Å². The fraction of sp³-hybridized carbons (Fsp3) is 0.120. The summed E-state index contributed by atoms with van der Waals surface area (Å²) < 4.78 is 16.6. The number of carbonyl (C=O) groups excluding carboxylic acids is 1. The molecule has 178 valence electrons. The number of nitro groups is 1. The zero-order chi connectivity index (χ0) is 25.1. The number of nitro benzene ring substituents is 1. The third-order valence-corrected chi connectivity index (χ3v) is 5.74. The second-order valence-electron chi connectivity index (χ2n) is 7.49. The van der Waals surface area contributed by atoms with E-state index in [-0.39, 0.29) is 28.9 Å². The number of rotatable bonds is 7. The van der Waals surface area contributed by atoms with Crippen molar-refractivity contribution in [2.24, 2.45) is 4.99 Å². The van der Waals surface area contributed by atoms with Crippen molar-refractivity contribution in [2.75, 3.05) is 7.11 Å². The van der Waals surface area contributed by atoms with Gasteiger partial charge >= 0.3 is 5.97 Å². The van der Waals surface area contributed by atoms with Crippen LogP contribution in [0.15, 0.2) is 65.3 Å². The third-order valence-electron chi connectivity index (χ3n) is 5.20. The first-order valence-corrected chi connectivity index (χ1v) is 11.0. The van der Waals surface area contributed by atoms with E-state index in [1.54, 1.807) is 37.3 Å². The third kappa shape index (κ3) is 5.29. The number of methoxy groups -OCH3 is 1. The second kappa shape index (κ2) is 10.2. The van der Waals surface area contributed by atoms with Crippen LogP contribution in [-0.4, -0.2) is 23.9 Å². The number of hydrogen-bond acceptors (Lipinski definition) is 7. The van der Waals surface area contributed by atoms with Crippen LogP contribution in [0, 0.1) is 17.0 Å². The number of halogens is 2. The molecule has 0 N–H and O–H groups in total. The fourth-order valence-electron chi connectivity index (χ4n) is 3.43. The van der Waals surface area contributed by atoms with E-state index in [4.69, 9.17) is 37.4 Å². The summed E-state index contributed by atoms with van der Waals surface area (Å²) in [5, 5.41) is 12.1. The molecule has 1 heterocycles. The molecule has 8 nitrogen and oxygen atoms in total. The van der Waals surface area contributed by atoms with Crippen molar-refractivity contribution < 1.29 is 23.9 Å². The van der Waals surface area contributed by atoms with Crippen LogP contribution in [0.4, 0.5) is 5.69 Å². The van der Waals surface area contributed by atoms with E-state index in [2.05, 4.69) is 4.99 Å². The Morgan fingerprint density at radius 3 is 2.57 bits per heavy atom. The minimum Gasteiger partial charge on any atom is -0.493 e. The molecular weight excluding hydrogens is 495 g/mol. The van der Waals surface area contributed by atoms with E-state index >= 15 is 0 Å². The van der Waals surface area contributed by atoms with E-state index < -0.39 is 10.9 Å². The van der Waals surface area contributed by atoms with Gasteiger partial charge in [-0.05, 0) is 54.5 Å². The highest BCUT2D eigenvalue weighted by Crippen LogP contribution is 2.38. The number of cyclic esters (lactones) is 1. The van der Waals surface area contributed by atoms with Gasteiger partial charge in [-0.1, -0.05) is 41.4 Å². The summed E-state index contributed by atoms with van der Waals surface area (Å²) in [7, 11) is 1.48. The number of carbonyl (C=O) groups is 1. The smallest absolute Gasteiger partial charge is 0.363 e. The molecule has 0 saturated carbocycles. The molecular formula is C25H18Cl2N2O6. The van der Waals surface area contributed by atoms with Gasteiger partial charge in [0.25, 0.3) is 5.69 Å². The van der Waals surface area contributed by atoms with Crippen LogP contribution in [0.5, 0.6) is 11.5 Å². The maximum atomic E-state index is 12.4. The molecule has 4 rings (SSSR count). The maximum absolute atomic E-state index is 12.4. The molecule has 0 spiro atoms. The predicted octanol–water partition coefficient (Wildman–Crippen LogP) is 6.14. The summed E-state index contributed by atoms with van der Waals surface area (Å²) in [5.74, 6) is 0.00701. The molecule has 0 fully saturated rings. The normalized spacial score (nSPS) is 14.0. The van der Waals surface area contributed by atoms with Crippen molar-refractivity contribution in [1.29, 1.82) is 0 Å². The number of benzene rings is 3. The molecule has 35 heavy (non-hydrogen) atoms. The van der Waals surface area contributed by atoms with E-state index in [0.29, 0.717) is 33.2 Å². The van der Waals surface area contributed by atoms with Crippen molar-refractivity contribution in [2.45, 2.75) is 13.5 Å². The van der Waals surface area contributed by atoms with Crippen LogP contribution in [0.2, 0.25) is 10.0 Å². The number of aliphatic imine (C=N–C) groups is 1. The first kappa shape index (κ1) is 24.3. The molecule has 0 bridgehead atoms. The van der Waals surface area contributed by atoms with Crippen molar-refractivity contribution in [1.82, 2.24) is 0 Å². The highest BCUT2D eigenvalue weighted by molar-refractivity contribution is 6.32. The van der Waals surface area contributed by atoms with Crippen LogP contribution < -0.4 is 9.47 Å². The largest absolute Gasteiger partial charge is 0.493 e. The van der Waals surface area contributed by atoms with E-state index in [1.165, 1.54) is 25.3 Å². The Bertz CT molecular complexity index is 1380. The average molecular weight is 513 g/mol. The fourth-order valence-corrected chi connectivity index (χ4v) is 3.83. The van der Waals surface area contributed by atoms with Gasteiger partial charge in [0.1, 0.15) is 6.61 Å². The van der Waals surface area contributed by atoms with Crippen molar-refractivity contribution >= 4 is 46.8 Å². The van der Waals surface area contributed by atoms with E-state index in [1.807, 2.05) is 12.1 Å². The molecule has 10 heteroatoms. The predicted molar refractivity (Wildman–Crippen MR) is 132 cm³/mol. The van der Waals surface area contributed by atoms with Crippen LogP contribution >= 0.6 is 23.2 Å². The Hall–Kier alpha value is -3.88. The molecule has 0 aromatic heterocycles. The topological polar surface area (TPSA) is 100 Å². The molecule has 1 aliphatic heterocycles. The maximum Gasteiger partial charge on any atom is 0.363 e. The Morgan fingerprint density at radius 2 is 1.89 bits per heavy atom. The molecule has 0 radical (unpaired) electrons. The number of esters is 1. The average Bonchev–Trinajstić information content (AvgIpc) is 3.18. The first-order valence-electron chi connectivity index (χ1n) is 10.3. The lowest BCUT2D eigenvalue weighted by Gasteiger charge is -2.13. The van der Waals surface area contributed by atoms with Crippen LogP contribution in [0.1, 0.15) is 22.3 Å². The van der Waals surface area contributed by atoms with E-state index in [9.17, 15) is 14.9 Å². The standard InChI is InChI=1S/C25H18Cl2N2O6/c1-14-18(4-3-5-21(14)29(31)32)24-28-20(25(30)35-24)11-16-10-19(27)23(22(12-16)33-2)34-13-15-6-8-17(26)9-7-15/h3-12H,13H2,1-2H3/b20-11-. The number of nitrogens with zero attached hydrogens (tertiary/aromatic N) is 2.